The van der Waals surface area contributed by atoms with Gasteiger partial charge in [0.25, 0.3) is 5.91 Å². The topological polar surface area (TPSA) is 70.2 Å². The maximum Gasteiger partial charge on any atom is 0.260 e. The number of carbonyl (C=O) groups excluding carboxylic acids is 3. The summed E-state index contributed by atoms with van der Waals surface area (Å²) in [6.07, 6.45) is 4.59. The van der Waals surface area contributed by atoms with E-state index in [-0.39, 0.29) is 30.9 Å². The van der Waals surface area contributed by atoms with Gasteiger partial charge >= 0.3 is 0 Å². The molecule has 0 N–H and O–H groups in total. The number of hydrogen-bond donors (Lipinski definition) is 0. The Morgan fingerprint density at radius 3 is 2.17 bits per heavy atom. The quantitative estimate of drug-likeness (QED) is 0.730. The molecule has 0 bridgehead atoms. The standard InChI is InChI=1S/C21H28ClN3O4/c22-17-6-8-18(9-7-17)29-16-21(28)24-13-11-23(12-14-24)20(27)15-25-10-4-2-1-3-5-19(25)26/h6-9H,1-5,10-16H2. The Hall–Kier alpha value is -2.28. The molecular formula is C21H28ClN3O4. The van der Waals surface area contributed by atoms with Gasteiger partial charge in [0.15, 0.2) is 6.61 Å². The van der Waals surface area contributed by atoms with E-state index >= 15 is 0 Å². The number of carbonyl (C=O) groups is 3. The average molecular weight is 422 g/mol. The lowest BCUT2D eigenvalue weighted by molar-refractivity contribution is -0.144. The van der Waals surface area contributed by atoms with Gasteiger partial charge in [-0.05, 0) is 37.1 Å². The first-order valence-electron chi connectivity index (χ1n) is 10.2. The van der Waals surface area contributed by atoms with Crippen LogP contribution in [-0.2, 0) is 14.4 Å². The summed E-state index contributed by atoms with van der Waals surface area (Å²) in [5.74, 6) is 0.523. The van der Waals surface area contributed by atoms with Crippen LogP contribution < -0.4 is 4.74 Å². The second-order valence-electron chi connectivity index (χ2n) is 7.48. The van der Waals surface area contributed by atoms with Crippen molar-refractivity contribution < 1.29 is 19.1 Å². The van der Waals surface area contributed by atoms with E-state index in [9.17, 15) is 14.4 Å². The Morgan fingerprint density at radius 1 is 0.862 bits per heavy atom. The molecule has 0 spiro atoms. The van der Waals surface area contributed by atoms with Crippen LogP contribution in [0, 0.1) is 0 Å². The number of piperazine rings is 1. The second-order valence-corrected chi connectivity index (χ2v) is 7.92. The van der Waals surface area contributed by atoms with Gasteiger partial charge in [0, 0.05) is 44.2 Å². The smallest absolute Gasteiger partial charge is 0.260 e. The zero-order valence-corrected chi connectivity index (χ0v) is 17.4. The summed E-state index contributed by atoms with van der Waals surface area (Å²) in [5.41, 5.74) is 0. The van der Waals surface area contributed by atoms with Gasteiger partial charge in [-0.15, -0.1) is 0 Å². The molecule has 158 valence electrons. The van der Waals surface area contributed by atoms with Crippen LogP contribution in [0.3, 0.4) is 0 Å². The molecular weight excluding hydrogens is 394 g/mol. The molecule has 1 aromatic rings. The maximum atomic E-state index is 12.6. The summed E-state index contributed by atoms with van der Waals surface area (Å²) in [4.78, 5) is 42.3. The minimum Gasteiger partial charge on any atom is -0.484 e. The van der Waals surface area contributed by atoms with Crippen LogP contribution in [0.4, 0.5) is 0 Å². The Morgan fingerprint density at radius 2 is 1.48 bits per heavy atom. The van der Waals surface area contributed by atoms with Crippen molar-refractivity contribution in [1.82, 2.24) is 14.7 Å². The molecule has 0 atom stereocenters. The van der Waals surface area contributed by atoms with Gasteiger partial charge in [0.1, 0.15) is 5.75 Å². The van der Waals surface area contributed by atoms with Crippen molar-refractivity contribution in [1.29, 1.82) is 0 Å². The molecule has 8 heteroatoms. The fourth-order valence-electron chi connectivity index (χ4n) is 3.62. The minimum absolute atomic E-state index is 0.0385. The Kier molecular flexibility index (Phi) is 7.75. The Labute approximate surface area is 176 Å². The van der Waals surface area contributed by atoms with E-state index in [0.29, 0.717) is 49.9 Å². The summed E-state index contributed by atoms with van der Waals surface area (Å²) in [7, 11) is 0. The van der Waals surface area contributed by atoms with E-state index in [1.54, 1.807) is 39.0 Å². The van der Waals surface area contributed by atoms with E-state index in [4.69, 9.17) is 16.3 Å². The van der Waals surface area contributed by atoms with Crippen LogP contribution in [-0.4, -0.2) is 78.3 Å². The van der Waals surface area contributed by atoms with E-state index < -0.39 is 0 Å². The lowest BCUT2D eigenvalue weighted by Gasteiger charge is -2.36. The van der Waals surface area contributed by atoms with Crippen molar-refractivity contribution >= 4 is 29.3 Å². The van der Waals surface area contributed by atoms with Crippen LogP contribution in [0.15, 0.2) is 24.3 Å². The molecule has 0 unspecified atom stereocenters. The molecule has 2 saturated heterocycles. The lowest BCUT2D eigenvalue weighted by atomic mass is 10.1. The summed E-state index contributed by atoms with van der Waals surface area (Å²) < 4.78 is 5.51. The summed E-state index contributed by atoms with van der Waals surface area (Å²) >= 11 is 5.84. The number of benzene rings is 1. The first-order valence-corrected chi connectivity index (χ1v) is 10.6. The molecule has 2 fully saturated rings. The fraction of sp³-hybridized carbons (Fsp3) is 0.571. The fourth-order valence-corrected chi connectivity index (χ4v) is 3.74. The third kappa shape index (κ3) is 6.35. The molecule has 7 nitrogen and oxygen atoms in total. The molecule has 0 saturated carbocycles. The van der Waals surface area contributed by atoms with Crippen LogP contribution in [0.1, 0.15) is 32.1 Å². The van der Waals surface area contributed by atoms with Crippen molar-refractivity contribution in [2.75, 3.05) is 45.9 Å². The van der Waals surface area contributed by atoms with Crippen molar-refractivity contribution in [3.05, 3.63) is 29.3 Å². The van der Waals surface area contributed by atoms with Gasteiger partial charge in [-0.3, -0.25) is 14.4 Å². The molecule has 0 radical (unpaired) electrons. The number of rotatable bonds is 5. The van der Waals surface area contributed by atoms with Crippen molar-refractivity contribution in [2.45, 2.75) is 32.1 Å². The molecule has 2 aliphatic rings. The van der Waals surface area contributed by atoms with Crippen LogP contribution in [0.5, 0.6) is 5.75 Å². The third-order valence-corrected chi connectivity index (χ3v) is 5.66. The van der Waals surface area contributed by atoms with Gasteiger partial charge in [0.05, 0.1) is 6.54 Å². The molecule has 2 heterocycles. The molecule has 2 aliphatic heterocycles. The van der Waals surface area contributed by atoms with Crippen molar-refractivity contribution in [3.63, 3.8) is 0 Å². The van der Waals surface area contributed by atoms with E-state index in [2.05, 4.69) is 0 Å². The maximum absolute atomic E-state index is 12.6. The van der Waals surface area contributed by atoms with Gasteiger partial charge in [-0.25, -0.2) is 0 Å². The average Bonchev–Trinajstić information content (AvgIpc) is 2.73. The van der Waals surface area contributed by atoms with E-state index in [1.165, 1.54) is 0 Å². The molecule has 29 heavy (non-hydrogen) atoms. The van der Waals surface area contributed by atoms with Gasteiger partial charge in [-0.1, -0.05) is 24.4 Å². The Balaban J connectivity index is 1.41. The minimum atomic E-state index is -0.106. The number of nitrogens with zero attached hydrogens (tertiary/aromatic N) is 3. The molecule has 0 aliphatic carbocycles. The van der Waals surface area contributed by atoms with Gasteiger partial charge < -0.3 is 19.4 Å². The predicted octanol–water partition coefficient (Wildman–Crippen LogP) is 2.18. The highest BCUT2D eigenvalue weighted by atomic mass is 35.5. The largest absolute Gasteiger partial charge is 0.484 e. The number of ether oxygens (including phenoxy) is 1. The van der Waals surface area contributed by atoms with Crippen LogP contribution in [0.2, 0.25) is 5.02 Å². The Bertz CT molecular complexity index is 717. The number of amides is 3. The predicted molar refractivity (Wildman–Crippen MR) is 110 cm³/mol. The summed E-state index contributed by atoms with van der Waals surface area (Å²) in [6.45, 7) is 2.67. The lowest BCUT2D eigenvalue weighted by Crippen LogP contribution is -2.54. The molecule has 1 aromatic carbocycles. The highest BCUT2D eigenvalue weighted by Crippen LogP contribution is 2.16. The SMILES string of the molecule is O=C(COc1ccc(Cl)cc1)N1CCN(C(=O)CN2CCCCCCC2=O)CC1. The van der Waals surface area contributed by atoms with Crippen molar-refractivity contribution in [2.24, 2.45) is 0 Å². The zero-order chi connectivity index (χ0) is 20.6. The number of hydrogen-bond acceptors (Lipinski definition) is 4. The van der Waals surface area contributed by atoms with Crippen LogP contribution >= 0.6 is 11.6 Å². The normalized spacial score (nSPS) is 18.2. The highest BCUT2D eigenvalue weighted by molar-refractivity contribution is 6.30. The molecule has 3 amide bonds. The zero-order valence-electron chi connectivity index (χ0n) is 16.6. The molecule has 3 rings (SSSR count). The van der Waals surface area contributed by atoms with E-state index in [0.717, 1.165) is 25.7 Å². The van der Waals surface area contributed by atoms with E-state index in [1.807, 2.05) is 0 Å². The monoisotopic (exact) mass is 421 g/mol. The third-order valence-electron chi connectivity index (χ3n) is 5.41. The second kappa shape index (κ2) is 10.5. The number of halogens is 1. The number of likely N-dealkylation sites (tertiary alicyclic amines) is 1. The summed E-state index contributed by atoms with van der Waals surface area (Å²) in [6, 6.07) is 6.86. The van der Waals surface area contributed by atoms with Gasteiger partial charge in [0.2, 0.25) is 11.8 Å². The molecule has 0 aromatic heterocycles. The first-order chi connectivity index (χ1) is 14.0. The summed E-state index contributed by atoms with van der Waals surface area (Å²) in [5, 5.41) is 0.613. The first kappa shape index (κ1) is 21.4. The highest BCUT2D eigenvalue weighted by Gasteiger charge is 2.26. The van der Waals surface area contributed by atoms with Crippen molar-refractivity contribution in [3.8, 4) is 5.75 Å². The van der Waals surface area contributed by atoms with Crippen LogP contribution in [0.25, 0.3) is 0 Å². The van der Waals surface area contributed by atoms with Gasteiger partial charge in [-0.2, -0.15) is 0 Å².